The highest BCUT2D eigenvalue weighted by Gasteiger charge is 2.18. The molecule has 90 valence electrons. The lowest BCUT2D eigenvalue weighted by Gasteiger charge is -2.32. The summed E-state index contributed by atoms with van der Waals surface area (Å²) in [5.74, 6) is 0.749. The Bertz CT molecular complexity index is 151. The Morgan fingerprint density at radius 1 is 1.13 bits per heavy atom. The van der Waals surface area contributed by atoms with Gasteiger partial charge in [0.2, 0.25) is 0 Å². The molecule has 0 aromatic heterocycles. The normalized spacial score (nSPS) is 20.8. The van der Waals surface area contributed by atoms with Crippen molar-refractivity contribution in [3.63, 3.8) is 0 Å². The van der Waals surface area contributed by atoms with Crippen LogP contribution in [0.5, 0.6) is 0 Å². The van der Waals surface area contributed by atoms with Gasteiger partial charge in [0, 0.05) is 12.6 Å². The first-order valence-corrected chi connectivity index (χ1v) is 6.69. The van der Waals surface area contributed by atoms with E-state index in [0.717, 1.165) is 12.5 Å². The van der Waals surface area contributed by atoms with E-state index in [0.29, 0.717) is 6.04 Å². The first kappa shape index (κ1) is 13.0. The molecule has 0 radical (unpaired) electrons. The summed E-state index contributed by atoms with van der Waals surface area (Å²) in [5, 5.41) is 3.67. The summed E-state index contributed by atoms with van der Waals surface area (Å²) < 4.78 is 0. The van der Waals surface area contributed by atoms with E-state index < -0.39 is 0 Å². The fraction of sp³-hybridized carbons (Fsp3) is 1.00. The number of likely N-dealkylation sites (tertiary alicyclic amines) is 1. The molecule has 1 fully saturated rings. The van der Waals surface area contributed by atoms with Crippen LogP contribution in [0, 0.1) is 5.92 Å². The van der Waals surface area contributed by atoms with E-state index in [4.69, 9.17) is 0 Å². The summed E-state index contributed by atoms with van der Waals surface area (Å²) in [7, 11) is 0. The van der Waals surface area contributed by atoms with Crippen molar-refractivity contribution >= 4 is 0 Å². The second-order valence-corrected chi connectivity index (χ2v) is 5.17. The number of piperidine rings is 1. The summed E-state index contributed by atoms with van der Waals surface area (Å²) in [4.78, 5) is 2.64. The van der Waals surface area contributed by atoms with Crippen LogP contribution in [0.3, 0.4) is 0 Å². The van der Waals surface area contributed by atoms with Crippen LogP contribution in [0.15, 0.2) is 0 Å². The molecule has 15 heavy (non-hydrogen) atoms. The number of nitrogens with zero attached hydrogens (tertiary/aromatic N) is 1. The van der Waals surface area contributed by atoms with E-state index in [-0.39, 0.29) is 0 Å². The fourth-order valence-corrected chi connectivity index (χ4v) is 2.26. The van der Waals surface area contributed by atoms with Crippen LogP contribution < -0.4 is 5.32 Å². The van der Waals surface area contributed by atoms with E-state index in [9.17, 15) is 0 Å². The Morgan fingerprint density at radius 3 is 2.33 bits per heavy atom. The molecule has 1 rings (SSSR count). The van der Waals surface area contributed by atoms with Gasteiger partial charge in [-0.3, -0.25) is 0 Å². The van der Waals surface area contributed by atoms with Crippen LogP contribution in [0.2, 0.25) is 0 Å². The van der Waals surface area contributed by atoms with Crippen LogP contribution in [0.1, 0.15) is 46.5 Å². The second-order valence-electron chi connectivity index (χ2n) is 5.17. The highest BCUT2D eigenvalue weighted by Crippen LogP contribution is 2.11. The first-order valence-electron chi connectivity index (χ1n) is 6.69. The average molecular weight is 212 g/mol. The van der Waals surface area contributed by atoms with Crippen LogP contribution in [-0.2, 0) is 0 Å². The van der Waals surface area contributed by atoms with Crippen LogP contribution >= 0.6 is 0 Å². The number of rotatable bonds is 6. The highest BCUT2D eigenvalue weighted by molar-refractivity contribution is 4.76. The quantitative estimate of drug-likeness (QED) is 0.728. The Hall–Kier alpha value is -0.0800. The van der Waals surface area contributed by atoms with Gasteiger partial charge in [0.05, 0.1) is 0 Å². The minimum atomic E-state index is 0.683. The van der Waals surface area contributed by atoms with Crippen molar-refractivity contribution < 1.29 is 0 Å². The monoisotopic (exact) mass is 212 g/mol. The summed E-state index contributed by atoms with van der Waals surface area (Å²) >= 11 is 0. The number of hydrogen-bond donors (Lipinski definition) is 1. The molecule has 1 saturated heterocycles. The maximum atomic E-state index is 3.67. The Kier molecular flexibility index (Phi) is 6.26. The third-order valence-electron chi connectivity index (χ3n) is 3.36. The molecule has 0 aromatic rings. The molecule has 1 aliphatic heterocycles. The number of hydrogen-bond acceptors (Lipinski definition) is 2. The SMILES string of the molecule is CCCNC(CN1CCCCC1)C(C)C. The van der Waals surface area contributed by atoms with Gasteiger partial charge in [-0.25, -0.2) is 0 Å². The Balaban J connectivity index is 2.28. The lowest BCUT2D eigenvalue weighted by atomic mass is 10.0. The first-order chi connectivity index (χ1) is 7.24. The third-order valence-corrected chi connectivity index (χ3v) is 3.36. The summed E-state index contributed by atoms with van der Waals surface area (Å²) in [6, 6.07) is 0.683. The van der Waals surface area contributed by atoms with Crippen molar-refractivity contribution in [3.8, 4) is 0 Å². The van der Waals surface area contributed by atoms with E-state index in [2.05, 4.69) is 31.0 Å². The fourth-order valence-electron chi connectivity index (χ4n) is 2.26. The smallest absolute Gasteiger partial charge is 0.0217 e. The van der Waals surface area contributed by atoms with E-state index >= 15 is 0 Å². The summed E-state index contributed by atoms with van der Waals surface area (Å²) in [5.41, 5.74) is 0. The zero-order valence-electron chi connectivity index (χ0n) is 10.8. The van der Waals surface area contributed by atoms with Gasteiger partial charge in [-0.05, 0) is 44.8 Å². The van der Waals surface area contributed by atoms with Gasteiger partial charge < -0.3 is 10.2 Å². The summed E-state index contributed by atoms with van der Waals surface area (Å²) in [6.45, 7) is 11.9. The van der Waals surface area contributed by atoms with Gasteiger partial charge in [0.15, 0.2) is 0 Å². The van der Waals surface area contributed by atoms with Gasteiger partial charge in [-0.15, -0.1) is 0 Å². The van der Waals surface area contributed by atoms with Crippen LogP contribution in [0.4, 0.5) is 0 Å². The van der Waals surface area contributed by atoms with Crippen molar-refractivity contribution in [2.45, 2.75) is 52.5 Å². The van der Waals surface area contributed by atoms with Crippen LogP contribution in [0.25, 0.3) is 0 Å². The zero-order chi connectivity index (χ0) is 11.1. The second kappa shape index (κ2) is 7.24. The van der Waals surface area contributed by atoms with Crippen molar-refractivity contribution in [2.75, 3.05) is 26.2 Å². The van der Waals surface area contributed by atoms with Crippen molar-refractivity contribution in [2.24, 2.45) is 5.92 Å². The van der Waals surface area contributed by atoms with Gasteiger partial charge in [0.25, 0.3) is 0 Å². The van der Waals surface area contributed by atoms with Gasteiger partial charge in [0.1, 0.15) is 0 Å². The lowest BCUT2D eigenvalue weighted by molar-refractivity contribution is 0.187. The molecule has 0 spiro atoms. The maximum Gasteiger partial charge on any atom is 0.0217 e. The lowest BCUT2D eigenvalue weighted by Crippen LogP contribution is -2.46. The van der Waals surface area contributed by atoms with E-state index in [1.807, 2.05) is 0 Å². The van der Waals surface area contributed by atoms with E-state index in [1.54, 1.807) is 0 Å². The third kappa shape index (κ3) is 4.98. The molecule has 0 amide bonds. The standard InChI is InChI=1S/C13H28N2/c1-4-8-14-13(12(2)3)11-15-9-6-5-7-10-15/h12-14H,4-11H2,1-3H3. The molecular weight excluding hydrogens is 184 g/mol. The molecule has 2 heteroatoms. The molecule has 0 aliphatic carbocycles. The van der Waals surface area contributed by atoms with Crippen molar-refractivity contribution in [1.82, 2.24) is 10.2 Å². The molecule has 1 N–H and O–H groups in total. The minimum Gasteiger partial charge on any atom is -0.312 e. The highest BCUT2D eigenvalue weighted by atomic mass is 15.2. The molecule has 0 saturated carbocycles. The average Bonchev–Trinajstić information content (AvgIpc) is 2.25. The molecule has 1 atom stereocenters. The molecule has 0 aromatic carbocycles. The van der Waals surface area contributed by atoms with Crippen molar-refractivity contribution in [3.05, 3.63) is 0 Å². The molecule has 0 bridgehead atoms. The zero-order valence-corrected chi connectivity index (χ0v) is 10.8. The van der Waals surface area contributed by atoms with Gasteiger partial charge >= 0.3 is 0 Å². The van der Waals surface area contributed by atoms with Crippen molar-refractivity contribution in [1.29, 1.82) is 0 Å². The molecular formula is C13H28N2. The van der Waals surface area contributed by atoms with Crippen LogP contribution in [-0.4, -0.2) is 37.1 Å². The molecule has 1 aliphatic rings. The molecule has 1 unspecified atom stereocenters. The maximum absolute atomic E-state index is 3.67. The summed E-state index contributed by atoms with van der Waals surface area (Å²) in [6.07, 6.45) is 5.48. The number of nitrogens with one attached hydrogen (secondary N) is 1. The Labute approximate surface area is 95.4 Å². The predicted octanol–water partition coefficient (Wildman–Crippen LogP) is 2.50. The topological polar surface area (TPSA) is 15.3 Å². The van der Waals surface area contributed by atoms with E-state index in [1.165, 1.54) is 45.3 Å². The minimum absolute atomic E-state index is 0.683. The predicted molar refractivity (Wildman–Crippen MR) is 67.2 cm³/mol. The Morgan fingerprint density at radius 2 is 1.80 bits per heavy atom. The van der Waals surface area contributed by atoms with Gasteiger partial charge in [-0.1, -0.05) is 27.2 Å². The molecule has 2 nitrogen and oxygen atoms in total. The van der Waals surface area contributed by atoms with Gasteiger partial charge in [-0.2, -0.15) is 0 Å². The molecule has 1 heterocycles. The largest absolute Gasteiger partial charge is 0.312 e.